The van der Waals surface area contributed by atoms with E-state index >= 15 is 0 Å². The SMILES string of the molecule is CC1CN(C(=O)OC(C)(C)C)c2c(C=O)cnn2C1. The first-order chi connectivity index (χ1) is 8.81. The van der Waals surface area contributed by atoms with E-state index in [-0.39, 0.29) is 5.92 Å². The van der Waals surface area contributed by atoms with Crippen molar-refractivity contribution in [2.24, 2.45) is 5.92 Å². The van der Waals surface area contributed by atoms with Gasteiger partial charge in [-0.15, -0.1) is 0 Å². The van der Waals surface area contributed by atoms with Crippen LogP contribution in [0, 0.1) is 5.92 Å². The number of rotatable bonds is 1. The summed E-state index contributed by atoms with van der Waals surface area (Å²) in [6, 6.07) is 0. The largest absolute Gasteiger partial charge is 0.443 e. The van der Waals surface area contributed by atoms with E-state index < -0.39 is 11.7 Å². The van der Waals surface area contributed by atoms with Gasteiger partial charge in [-0.1, -0.05) is 6.92 Å². The van der Waals surface area contributed by atoms with Gasteiger partial charge in [-0.05, 0) is 26.7 Å². The lowest BCUT2D eigenvalue weighted by atomic mass is 10.1. The first kappa shape index (κ1) is 13.6. The van der Waals surface area contributed by atoms with Gasteiger partial charge in [0.15, 0.2) is 6.29 Å². The molecule has 0 aromatic carbocycles. The summed E-state index contributed by atoms with van der Waals surface area (Å²) >= 11 is 0. The van der Waals surface area contributed by atoms with Crippen molar-refractivity contribution >= 4 is 18.2 Å². The Morgan fingerprint density at radius 3 is 2.74 bits per heavy atom. The molecule has 19 heavy (non-hydrogen) atoms. The molecule has 2 heterocycles. The smallest absolute Gasteiger partial charge is 0.416 e. The lowest BCUT2D eigenvalue weighted by Gasteiger charge is -2.33. The second-order valence-electron chi connectivity index (χ2n) is 5.92. The fraction of sp³-hybridized carbons (Fsp3) is 0.615. The van der Waals surface area contributed by atoms with Gasteiger partial charge in [0.25, 0.3) is 0 Å². The van der Waals surface area contributed by atoms with Gasteiger partial charge in [-0.3, -0.25) is 9.69 Å². The van der Waals surface area contributed by atoms with Crippen LogP contribution in [0.1, 0.15) is 38.1 Å². The number of aldehydes is 1. The molecule has 0 radical (unpaired) electrons. The zero-order valence-corrected chi connectivity index (χ0v) is 11.7. The number of aromatic nitrogens is 2. The van der Waals surface area contributed by atoms with Crippen LogP contribution < -0.4 is 4.90 Å². The van der Waals surface area contributed by atoms with E-state index in [1.807, 2.05) is 27.7 Å². The molecular weight excluding hydrogens is 246 g/mol. The van der Waals surface area contributed by atoms with Gasteiger partial charge in [0.2, 0.25) is 0 Å². The fourth-order valence-electron chi connectivity index (χ4n) is 2.13. The van der Waals surface area contributed by atoms with E-state index in [0.29, 0.717) is 30.8 Å². The highest BCUT2D eigenvalue weighted by Crippen LogP contribution is 2.27. The zero-order valence-electron chi connectivity index (χ0n) is 11.7. The Kier molecular flexibility index (Phi) is 3.34. The lowest BCUT2D eigenvalue weighted by molar-refractivity contribution is 0.0564. The first-order valence-corrected chi connectivity index (χ1v) is 6.33. The van der Waals surface area contributed by atoms with E-state index in [1.54, 1.807) is 4.68 Å². The number of carbonyl (C=O) groups excluding carboxylic acids is 2. The Bertz CT molecular complexity index is 502. The van der Waals surface area contributed by atoms with Gasteiger partial charge in [0.05, 0.1) is 11.8 Å². The van der Waals surface area contributed by atoms with Crippen molar-refractivity contribution in [1.82, 2.24) is 9.78 Å². The van der Waals surface area contributed by atoms with E-state index in [9.17, 15) is 9.59 Å². The normalized spacial score (nSPS) is 18.9. The van der Waals surface area contributed by atoms with Gasteiger partial charge >= 0.3 is 6.09 Å². The van der Waals surface area contributed by atoms with E-state index in [0.717, 1.165) is 0 Å². The molecule has 0 spiro atoms. The van der Waals surface area contributed by atoms with Crippen LogP contribution in [0.3, 0.4) is 0 Å². The molecule has 1 aliphatic rings. The number of hydrogen-bond donors (Lipinski definition) is 0. The minimum atomic E-state index is -0.566. The second-order valence-corrected chi connectivity index (χ2v) is 5.92. The van der Waals surface area contributed by atoms with E-state index in [2.05, 4.69) is 5.10 Å². The number of nitrogens with zero attached hydrogens (tertiary/aromatic N) is 3. The van der Waals surface area contributed by atoms with Crippen molar-refractivity contribution < 1.29 is 14.3 Å². The van der Waals surface area contributed by atoms with Crippen LogP contribution >= 0.6 is 0 Å². The Morgan fingerprint density at radius 1 is 1.47 bits per heavy atom. The predicted octanol–water partition coefficient (Wildman–Crippen LogP) is 2.09. The minimum Gasteiger partial charge on any atom is -0.443 e. The van der Waals surface area contributed by atoms with Crippen LogP contribution in [0.5, 0.6) is 0 Å². The number of hydrogen-bond acceptors (Lipinski definition) is 4. The van der Waals surface area contributed by atoms with Gasteiger partial charge < -0.3 is 4.74 Å². The highest BCUT2D eigenvalue weighted by atomic mass is 16.6. The highest BCUT2D eigenvalue weighted by molar-refractivity contribution is 5.94. The first-order valence-electron chi connectivity index (χ1n) is 6.33. The number of anilines is 1. The summed E-state index contributed by atoms with van der Waals surface area (Å²) in [7, 11) is 0. The maximum absolute atomic E-state index is 12.2. The molecule has 1 aromatic rings. The Hall–Kier alpha value is -1.85. The Balaban J connectivity index is 2.34. The highest BCUT2D eigenvalue weighted by Gasteiger charge is 2.32. The molecule has 1 atom stereocenters. The van der Waals surface area contributed by atoms with Crippen LogP contribution in [0.15, 0.2) is 6.20 Å². The number of fused-ring (bicyclic) bond motifs is 1. The van der Waals surface area contributed by atoms with Crippen LogP contribution in [0.25, 0.3) is 0 Å². The molecule has 0 saturated heterocycles. The van der Waals surface area contributed by atoms with Gasteiger partial charge in [0, 0.05) is 13.1 Å². The van der Waals surface area contributed by atoms with Crippen molar-refractivity contribution in [3.63, 3.8) is 0 Å². The van der Waals surface area contributed by atoms with E-state index in [1.165, 1.54) is 11.1 Å². The monoisotopic (exact) mass is 265 g/mol. The maximum atomic E-state index is 12.2. The van der Waals surface area contributed by atoms with Gasteiger partial charge in [-0.2, -0.15) is 5.10 Å². The molecule has 2 rings (SSSR count). The third-order valence-corrected chi connectivity index (χ3v) is 2.81. The van der Waals surface area contributed by atoms with Crippen LogP contribution in [0.4, 0.5) is 10.6 Å². The average Bonchev–Trinajstić information content (AvgIpc) is 2.68. The molecule has 1 aliphatic heterocycles. The molecule has 104 valence electrons. The standard InChI is InChI=1S/C13H19N3O3/c1-9-6-15(12(18)19-13(2,3)4)11-10(8-17)5-14-16(11)7-9/h5,8-9H,6-7H2,1-4H3. The molecule has 0 bridgehead atoms. The second kappa shape index (κ2) is 4.68. The number of ether oxygens (including phenoxy) is 1. The Morgan fingerprint density at radius 2 is 2.16 bits per heavy atom. The molecule has 1 unspecified atom stereocenters. The third-order valence-electron chi connectivity index (χ3n) is 2.81. The third kappa shape index (κ3) is 2.77. The van der Waals surface area contributed by atoms with Crippen LogP contribution in [-0.2, 0) is 11.3 Å². The summed E-state index contributed by atoms with van der Waals surface area (Å²) in [6.45, 7) is 8.70. The van der Waals surface area contributed by atoms with Crippen molar-refractivity contribution in [2.45, 2.75) is 39.8 Å². The van der Waals surface area contributed by atoms with Crippen molar-refractivity contribution in [3.05, 3.63) is 11.8 Å². The van der Waals surface area contributed by atoms with Crippen LogP contribution in [0.2, 0.25) is 0 Å². The molecule has 0 saturated carbocycles. The Labute approximate surface area is 112 Å². The summed E-state index contributed by atoms with van der Waals surface area (Å²) in [5.74, 6) is 0.793. The summed E-state index contributed by atoms with van der Waals surface area (Å²) in [5, 5.41) is 4.14. The molecule has 1 amide bonds. The maximum Gasteiger partial charge on any atom is 0.416 e. The molecule has 0 N–H and O–H groups in total. The van der Waals surface area contributed by atoms with E-state index in [4.69, 9.17) is 4.74 Å². The lowest BCUT2D eigenvalue weighted by Crippen LogP contribution is -2.44. The molecule has 6 nitrogen and oxygen atoms in total. The van der Waals surface area contributed by atoms with Crippen molar-refractivity contribution in [2.75, 3.05) is 11.4 Å². The quantitative estimate of drug-likeness (QED) is 0.729. The molecule has 0 aliphatic carbocycles. The number of amides is 1. The van der Waals surface area contributed by atoms with Crippen LogP contribution in [-0.4, -0.2) is 34.3 Å². The van der Waals surface area contributed by atoms with Crippen molar-refractivity contribution in [1.29, 1.82) is 0 Å². The summed E-state index contributed by atoms with van der Waals surface area (Å²) in [5.41, 5.74) is -0.151. The van der Waals surface area contributed by atoms with Gasteiger partial charge in [-0.25, -0.2) is 9.48 Å². The summed E-state index contributed by atoms with van der Waals surface area (Å²) in [4.78, 5) is 24.8. The minimum absolute atomic E-state index is 0.263. The number of carbonyl (C=O) groups is 2. The molecular formula is C13H19N3O3. The van der Waals surface area contributed by atoms with Gasteiger partial charge in [0.1, 0.15) is 11.4 Å². The average molecular weight is 265 g/mol. The molecule has 6 heteroatoms. The molecule has 1 aromatic heterocycles. The van der Waals surface area contributed by atoms with Crippen molar-refractivity contribution in [3.8, 4) is 0 Å². The zero-order chi connectivity index (χ0) is 14.2. The predicted molar refractivity (Wildman–Crippen MR) is 70.4 cm³/mol. The summed E-state index contributed by atoms with van der Waals surface area (Å²) < 4.78 is 7.06. The molecule has 0 fully saturated rings. The summed E-state index contributed by atoms with van der Waals surface area (Å²) in [6.07, 6.45) is 1.76. The topological polar surface area (TPSA) is 64.4 Å². The fourth-order valence-corrected chi connectivity index (χ4v) is 2.13.